The van der Waals surface area contributed by atoms with Crippen LogP contribution in [0.2, 0.25) is 0 Å². The highest BCUT2D eigenvalue weighted by Crippen LogP contribution is 2.24. The van der Waals surface area contributed by atoms with E-state index in [1.807, 2.05) is 19.9 Å². The molecule has 0 aromatic carbocycles. The molecule has 0 aliphatic rings. The second-order valence-electron chi connectivity index (χ2n) is 5.94. The maximum atomic E-state index is 13.0. The fourth-order valence-electron chi connectivity index (χ4n) is 2.51. The lowest BCUT2D eigenvalue weighted by atomic mass is 10.3. The summed E-state index contributed by atoms with van der Waals surface area (Å²) >= 11 is 0.978. The van der Waals surface area contributed by atoms with Crippen LogP contribution in [0, 0.1) is 6.92 Å². The molecule has 0 bridgehead atoms. The molecule has 0 radical (unpaired) electrons. The van der Waals surface area contributed by atoms with Crippen molar-refractivity contribution in [2.45, 2.75) is 40.3 Å². The predicted molar refractivity (Wildman–Crippen MR) is 118 cm³/mol. The summed E-state index contributed by atoms with van der Waals surface area (Å²) in [6.45, 7) is 7.89. The van der Waals surface area contributed by atoms with E-state index < -0.39 is 18.5 Å². The van der Waals surface area contributed by atoms with Gasteiger partial charge in [-0.15, -0.1) is 0 Å². The van der Waals surface area contributed by atoms with Gasteiger partial charge in [-0.3, -0.25) is 9.78 Å². The van der Waals surface area contributed by atoms with Crippen LogP contribution in [-0.2, 0) is 9.63 Å². The standard InChI is InChI=1S/C18H22F3N5O2S.C2H6/c1-4-25(16-11-26(23-13(16)2)14-6-5-8-22-10-14)17(27)15(24-28-3)12-29-9-7-18(19,20)21;1-2/h5-6,8,10-11H,4,7,9,12H2,1-3H3;1-2H3/b24-15-;. The van der Waals surface area contributed by atoms with Crippen LogP contribution in [0.3, 0.4) is 0 Å². The molecule has 172 valence electrons. The van der Waals surface area contributed by atoms with Crippen LogP contribution in [0.25, 0.3) is 5.69 Å². The molecular formula is C20H28F3N5O2S. The molecule has 11 heteroatoms. The molecule has 7 nitrogen and oxygen atoms in total. The van der Waals surface area contributed by atoms with Crippen molar-refractivity contribution in [2.24, 2.45) is 5.16 Å². The second-order valence-corrected chi connectivity index (χ2v) is 7.05. The molecule has 2 heterocycles. The normalized spacial score (nSPS) is 11.5. The number of aromatic nitrogens is 3. The molecule has 0 aliphatic heterocycles. The van der Waals surface area contributed by atoms with E-state index >= 15 is 0 Å². The van der Waals surface area contributed by atoms with Crippen molar-refractivity contribution in [2.75, 3.05) is 30.1 Å². The summed E-state index contributed by atoms with van der Waals surface area (Å²) < 4.78 is 38.6. The number of aryl methyl sites for hydroxylation is 1. The topological polar surface area (TPSA) is 72.6 Å². The highest BCUT2D eigenvalue weighted by atomic mass is 32.2. The fraction of sp³-hybridized carbons (Fsp3) is 0.500. The number of hydrogen-bond acceptors (Lipinski definition) is 6. The molecule has 1 amide bonds. The third-order valence-electron chi connectivity index (χ3n) is 3.85. The number of oxime groups is 1. The minimum absolute atomic E-state index is 0.00897. The monoisotopic (exact) mass is 459 g/mol. The quantitative estimate of drug-likeness (QED) is 0.310. The Balaban J connectivity index is 0.00000233. The summed E-state index contributed by atoms with van der Waals surface area (Å²) in [6.07, 6.45) is -0.172. The van der Waals surface area contributed by atoms with Gasteiger partial charge >= 0.3 is 6.18 Å². The Morgan fingerprint density at radius 3 is 2.61 bits per heavy atom. The number of hydrogen-bond donors (Lipinski definition) is 0. The van der Waals surface area contributed by atoms with Gasteiger partial charge in [-0.05, 0) is 26.0 Å². The van der Waals surface area contributed by atoms with Crippen LogP contribution in [0.5, 0.6) is 0 Å². The molecule has 31 heavy (non-hydrogen) atoms. The summed E-state index contributed by atoms with van der Waals surface area (Å²) in [6, 6.07) is 3.60. The minimum Gasteiger partial charge on any atom is -0.399 e. The summed E-state index contributed by atoms with van der Waals surface area (Å²) in [5.74, 6) is -0.596. The number of amides is 1. The molecule has 0 saturated carbocycles. The first-order chi connectivity index (χ1) is 14.8. The minimum atomic E-state index is -4.23. The molecule has 0 spiro atoms. The predicted octanol–water partition coefficient (Wildman–Crippen LogP) is 4.64. The summed E-state index contributed by atoms with van der Waals surface area (Å²) in [4.78, 5) is 23.2. The van der Waals surface area contributed by atoms with Gasteiger partial charge in [0.05, 0.1) is 35.9 Å². The zero-order valence-electron chi connectivity index (χ0n) is 18.3. The van der Waals surface area contributed by atoms with Crippen LogP contribution in [0.1, 0.15) is 32.9 Å². The molecule has 0 N–H and O–H groups in total. The number of alkyl halides is 3. The van der Waals surface area contributed by atoms with Gasteiger partial charge < -0.3 is 9.74 Å². The van der Waals surface area contributed by atoms with Crippen molar-refractivity contribution in [1.82, 2.24) is 14.8 Å². The first-order valence-corrected chi connectivity index (χ1v) is 10.9. The molecule has 0 atom stereocenters. The van der Waals surface area contributed by atoms with E-state index in [0.717, 1.165) is 17.4 Å². The van der Waals surface area contributed by atoms with Gasteiger partial charge in [-0.2, -0.15) is 30.0 Å². The van der Waals surface area contributed by atoms with Gasteiger partial charge in [0.1, 0.15) is 7.11 Å². The van der Waals surface area contributed by atoms with Crippen molar-refractivity contribution in [3.05, 3.63) is 36.4 Å². The lowest BCUT2D eigenvalue weighted by molar-refractivity contribution is -0.129. The average molecular weight is 460 g/mol. The zero-order chi connectivity index (χ0) is 23.4. The van der Waals surface area contributed by atoms with Gasteiger partial charge in [0.25, 0.3) is 5.91 Å². The van der Waals surface area contributed by atoms with Gasteiger partial charge in [-0.25, -0.2) is 4.68 Å². The Morgan fingerprint density at radius 1 is 1.35 bits per heavy atom. The van der Waals surface area contributed by atoms with Crippen molar-refractivity contribution in [3.63, 3.8) is 0 Å². The van der Waals surface area contributed by atoms with Gasteiger partial charge in [0, 0.05) is 24.2 Å². The van der Waals surface area contributed by atoms with Gasteiger partial charge in [-0.1, -0.05) is 19.0 Å². The largest absolute Gasteiger partial charge is 0.399 e. The first kappa shape index (κ1) is 26.5. The molecule has 0 aliphatic carbocycles. The Bertz CT molecular complexity index is 841. The van der Waals surface area contributed by atoms with Crippen LogP contribution in [0.4, 0.5) is 18.9 Å². The average Bonchev–Trinajstić information content (AvgIpc) is 3.13. The SMILES string of the molecule is CC.CCN(C(=O)/C(CSCCC(F)(F)F)=N\OC)c1cn(-c2cccnc2)nc1C. The van der Waals surface area contributed by atoms with Crippen molar-refractivity contribution < 1.29 is 22.8 Å². The van der Waals surface area contributed by atoms with Crippen molar-refractivity contribution in [1.29, 1.82) is 0 Å². The van der Waals surface area contributed by atoms with E-state index in [1.54, 1.807) is 43.2 Å². The number of carbonyl (C=O) groups excluding carboxylic acids is 1. The maximum Gasteiger partial charge on any atom is 0.389 e. The second kappa shape index (κ2) is 13.0. The van der Waals surface area contributed by atoms with Gasteiger partial charge in [0.15, 0.2) is 5.71 Å². The number of rotatable bonds is 9. The van der Waals surface area contributed by atoms with Crippen LogP contribution in [-0.4, -0.2) is 57.7 Å². The molecular weight excluding hydrogens is 431 g/mol. The molecule has 2 aromatic rings. The molecule has 0 saturated heterocycles. The summed E-state index contributed by atoms with van der Waals surface area (Å²) in [5.41, 5.74) is 1.96. The number of nitrogens with zero attached hydrogens (tertiary/aromatic N) is 5. The molecule has 0 unspecified atom stereocenters. The molecule has 2 aromatic heterocycles. The lowest BCUT2D eigenvalue weighted by Crippen LogP contribution is -2.38. The third kappa shape index (κ3) is 8.23. The molecule has 0 fully saturated rings. The number of pyridine rings is 1. The van der Waals surface area contributed by atoms with E-state index in [1.165, 1.54) is 12.0 Å². The number of anilines is 1. The fourth-order valence-corrected chi connectivity index (χ4v) is 3.40. The number of halogens is 3. The lowest BCUT2D eigenvalue weighted by Gasteiger charge is -2.20. The Hall–Kier alpha value is -2.56. The van der Waals surface area contributed by atoms with E-state index in [0.29, 0.717) is 17.9 Å². The van der Waals surface area contributed by atoms with Crippen LogP contribution >= 0.6 is 11.8 Å². The van der Waals surface area contributed by atoms with E-state index in [-0.39, 0.29) is 17.2 Å². The number of thioether (sulfide) groups is 1. The van der Waals surface area contributed by atoms with Crippen LogP contribution in [0.15, 0.2) is 35.9 Å². The maximum absolute atomic E-state index is 13.0. The van der Waals surface area contributed by atoms with E-state index in [2.05, 4.69) is 15.2 Å². The van der Waals surface area contributed by atoms with Crippen molar-refractivity contribution in [3.8, 4) is 5.69 Å². The first-order valence-electron chi connectivity index (χ1n) is 9.80. The summed E-state index contributed by atoms with van der Waals surface area (Å²) in [5, 5.41) is 8.15. The molecule has 2 rings (SSSR count). The highest BCUT2D eigenvalue weighted by Gasteiger charge is 2.28. The Labute approximate surface area is 184 Å². The van der Waals surface area contributed by atoms with Crippen molar-refractivity contribution >= 4 is 29.1 Å². The van der Waals surface area contributed by atoms with E-state index in [9.17, 15) is 18.0 Å². The van der Waals surface area contributed by atoms with Crippen LogP contribution < -0.4 is 4.90 Å². The highest BCUT2D eigenvalue weighted by molar-refractivity contribution is 8.00. The smallest absolute Gasteiger partial charge is 0.389 e. The van der Waals surface area contributed by atoms with E-state index in [4.69, 9.17) is 4.84 Å². The third-order valence-corrected chi connectivity index (χ3v) is 4.82. The Morgan fingerprint density at radius 2 is 2.06 bits per heavy atom. The number of carbonyl (C=O) groups is 1. The zero-order valence-corrected chi connectivity index (χ0v) is 19.1. The Kier molecular flexibility index (Phi) is 11.1. The van der Waals surface area contributed by atoms with Gasteiger partial charge in [0.2, 0.25) is 0 Å². The summed E-state index contributed by atoms with van der Waals surface area (Å²) in [7, 11) is 1.29.